The highest BCUT2D eigenvalue weighted by Gasteiger charge is 2.17. The Labute approximate surface area is 171 Å². The molecular weight excluding hydrogens is 361 g/mol. The number of anilines is 1. The van der Waals surface area contributed by atoms with Gasteiger partial charge >= 0.3 is 0 Å². The molecule has 0 radical (unpaired) electrons. The van der Waals surface area contributed by atoms with Gasteiger partial charge in [0.1, 0.15) is 5.82 Å². The van der Waals surface area contributed by atoms with Crippen LogP contribution in [0.3, 0.4) is 0 Å². The normalized spacial score (nSPS) is 11.2. The van der Waals surface area contributed by atoms with Crippen LogP contribution in [0.25, 0.3) is 10.9 Å². The summed E-state index contributed by atoms with van der Waals surface area (Å²) >= 11 is 0. The van der Waals surface area contributed by atoms with Crippen molar-refractivity contribution in [2.24, 2.45) is 0 Å². The molecule has 0 saturated heterocycles. The lowest BCUT2D eigenvalue weighted by Crippen LogP contribution is -2.18. The first-order valence-electron chi connectivity index (χ1n) is 9.90. The van der Waals surface area contributed by atoms with Crippen LogP contribution in [-0.2, 0) is 13.1 Å². The summed E-state index contributed by atoms with van der Waals surface area (Å²) in [6.45, 7) is 7.99. The molecule has 0 spiro atoms. The zero-order valence-electron chi connectivity index (χ0n) is 17.4. The number of fused-ring (bicyclic) bond motifs is 1. The average molecular weight is 388 g/mol. The number of nitrogens with zero attached hydrogens (tertiary/aromatic N) is 3. The minimum Gasteiger partial charge on any atom is -0.369 e. The first-order valence-corrected chi connectivity index (χ1v) is 9.90. The van der Waals surface area contributed by atoms with Gasteiger partial charge < -0.3 is 9.47 Å². The highest BCUT2D eigenvalue weighted by Crippen LogP contribution is 2.29. The van der Waals surface area contributed by atoms with Crippen molar-refractivity contribution in [1.82, 2.24) is 9.55 Å². The van der Waals surface area contributed by atoms with Gasteiger partial charge in [-0.2, -0.15) is 0 Å². The number of hydrogen-bond acceptors (Lipinski definition) is 2. The Morgan fingerprint density at radius 2 is 1.69 bits per heavy atom. The van der Waals surface area contributed by atoms with Crippen molar-refractivity contribution >= 4 is 16.6 Å². The summed E-state index contributed by atoms with van der Waals surface area (Å²) in [5, 5.41) is 1.24. The average Bonchev–Trinajstić information content (AvgIpc) is 2.96. The first-order chi connectivity index (χ1) is 14.0. The topological polar surface area (TPSA) is 21.1 Å². The van der Waals surface area contributed by atoms with Crippen molar-refractivity contribution in [3.05, 3.63) is 94.7 Å². The van der Waals surface area contributed by atoms with Gasteiger partial charge in [-0.05, 0) is 67.8 Å². The predicted octanol–water partition coefficient (Wildman–Crippen LogP) is 5.79. The van der Waals surface area contributed by atoms with E-state index in [1.165, 1.54) is 45.4 Å². The Morgan fingerprint density at radius 3 is 2.41 bits per heavy atom. The molecule has 2 aromatic carbocycles. The van der Waals surface area contributed by atoms with E-state index in [9.17, 15) is 4.39 Å². The highest BCUT2D eigenvalue weighted by atomic mass is 19.1. The van der Waals surface area contributed by atoms with Crippen LogP contribution in [0.4, 0.5) is 10.1 Å². The summed E-state index contributed by atoms with van der Waals surface area (Å²) in [7, 11) is 2.02. The van der Waals surface area contributed by atoms with Crippen molar-refractivity contribution in [1.29, 1.82) is 0 Å². The lowest BCUT2D eigenvalue weighted by Gasteiger charge is -2.20. The lowest BCUT2D eigenvalue weighted by atomic mass is 10.1. The van der Waals surface area contributed by atoms with E-state index < -0.39 is 0 Å². The zero-order chi connectivity index (χ0) is 20.5. The number of hydrogen-bond donors (Lipinski definition) is 0. The molecule has 0 N–H and O–H groups in total. The summed E-state index contributed by atoms with van der Waals surface area (Å²) < 4.78 is 15.7. The van der Waals surface area contributed by atoms with Gasteiger partial charge in [-0.1, -0.05) is 24.3 Å². The first kappa shape index (κ1) is 19.2. The Kier molecular flexibility index (Phi) is 5.10. The van der Waals surface area contributed by atoms with Crippen LogP contribution < -0.4 is 4.90 Å². The Morgan fingerprint density at radius 1 is 0.966 bits per heavy atom. The van der Waals surface area contributed by atoms with Crippen LogP contribution in [0.15, 0.2) is 60.8 Å². The fraction of sp³-hybridized carbons (Fsp3) is 0.240. The third-order valence-electron chi connectivity index (χ3n) is 5.87. The van der Waals surface area contributed by atoms with Gasteiger partial charge in [0.15, 0.2) is 0 Å². The van der Waals surface area contributed by atoms with Gasteiger partial charge in [0.25, 0.3) is 0 Å². The summed E-state index contributed by atoms with van der Waals surface area (Å²) in [5.41, 5.74) is 8.34. The van der Waals surface area contributed by atoms with Gasteiger partial charge in [-0.25, -0.2) is 4.39 Å². The molecule has 2 heterocycles. The van der Waals surface area contributed by atoms with Gasteiger partial charge in [-0.3, -0.25) is 4.98 Å². The molecule has 4 aromatic rings. The zero-order valence-corrected chi connectivity index (χ0v) is 17.4. The molecule has 0 bridgehead atoms. The maximum Gasteiger partial charge on any atom is 0.123 e. The molecule has 2 aromatic heterocycles. The van der Waals surface area contributed by atoms with E-state index in [1.54, 1.807) is 12.1 Å². The fourth-order valence-electron chi connectivity index (χ4n) is 3.95. The van der Waals surface area contributed by atoms with E-state index in [1.807, 2.05) is 13.2 Å². The molecule has 4 heteroatoms. The van der Waals surface area contributed by atoms with Crippen molar-refractivity contribution in [2.45, 2.75) is 33.9 Å². The molecule has 0 aliphatic rings. The molecule has 0 fully saturated rings. The van der Waals surface area contributed by atoms with Crippen LogP contribution in [0, 0.1) is 26.6 Å². The van der Waals surface area contributed by atoms with Gasteiger partial charge in [0.05, 0.1) is 17.8 Å². The van der Waals surface area contributed by atoms with E-state index in [4.69, 9.17) is 4.98 Å². The largest absolute Gasteiger partial charge is 0.369 e. The predicted molar refractivity (Wildman–Crippen MR) is 118 cm³/mol. The van der Waals surface area contributed by atoms with E-state index in [-0.39, 0.29) is 5.82 Å². The van der Waals surface area contributed by atoms with Crippen molar-refractivity contribution in [2.75, 3.05) is 11.9 Å². The third-order valence-corrected chi connectivity index (χ3v) is 5.87. The van der Waals surface area contributed by atoms with Gasteiger partial charge in [0, 0.05) is 36.6 Å². The number of aromatic nitrogens is 2. The molecular formula is C25H26FN3. The summed E-state index contributed by atoms with van der Waals surface area (Å²) in [6, 6.07) is 17.2. The second-order valence-electron chi connectivity index (χ2n) is 7.71. The van der Waals surface area contributed by atoms with Crippen LogP contribution in [0.2, 0.25) is 0 Å². The van der Waals surface area contributed by atoms with Crippen molar-refractivity contribution < 1.29 is 4.39 Å². The monoisotopic (exact) mass is 387 g/mol. The Balaban J connectivity index is 1.78. The van der Waals surface area contributed by atoms with Crippen LogP contribution in [0.1, 0.15) is 28.1 Å². The molecule has 0 atom stereocenters. The van der Waals surface area contributed by atoms with Crippen molar-refractivity contribution in [3.63, 3.8) is 0 Å². The standard InChI is InChI=1S/C25H26FN3/c1-17-7-5-6-8-20(17)15-29-19(3)18(2)23-13-14-27-24(25(23)29)16-28(4)22-11-9-21(26)10-12-22/h5-14H,15-16H2,1-4H3. The van der Waals surface area contributed by atoms with E-state index >= 15 is 0 Å². The Bertz CT molecular complexity index is 1160. The van der Waals surface area contributed by atoms with Crippen LogP contribution in [-0.4, -0.2) is 16.6 Å². The molecule has 29 heavy (non-hydrogen) atoms. The lowest BCUT2D eigenvalue weighted by molar-refractivity contribution is 0.627. The van der Waals surface area contributed by atoms with E-state index in [0.29, 0.717) is 6.54 Å². The van der Waals surface area contributed by atoms with Gasteiger partial charge in [0.2, 0.25) is 0 Å². The smallest absolute Gasteiger partial charge is 0.123 e. The van der Waals surface area contributed by atoms with E-state index in [2.05, 4.69) is 60.6 Å². The van der Waals surface area contributed by atoms with Crippen LogP contribution in [0.5, 0.6) is 0 Å². The van der Waals surface area contributed by atoms with Crippen molar-refractivity contribution in [3.8, 4) is 0 Å². The number of aryl methyl sites for hydroxylation is 2. The number of benzene rings is 2. The SMILES string of the molecule is Cc1ccccc1Cn1c(C)c(C)c2ccnc(CN(C)c3ccc(F)cc3)c21. The molecule has 0 aliphatic carbocycles. The Hall–Kier alpha value is -3.14. The minimum absolute atomic E-state index is 0.222. The minimum atomic E-state index is -0.222. The third kappa shape index (κ3) is 3.63. The highest BCUT2D eigenvalue weighted by molar-refractivity contribution is 5.87. The van der Waals surface area contributed by atoms with E-state index in [0.717, 1.165) is 17.9 Å². The molecule has 3 nitrogen and oxygen atoms in total. The number of halogens is 1. The second kappa shape index (κ2) is 7.70. The molecule has 0 aliphatic heterocycles. The number of rotatable bonds is 5. The summed E-state index contributed by atoms with van der Waals surface area (Å²) in [4.78, 5) is 6.84. The summed E-state index contributed by atoms with van der Waals surface area (Å²) in [6.07, 6.45) is 1.89. The quantitative estimate of drug-likeness (QED) is 0.432. The fourth-order valence-corrected chi connectivity index (χ4v) is 3.95. The molecule has 0 saturated carbocycles. The molecule has 0 amide bonds. The summed E-state index contributed by atoms with van der Waals surface area (Å²) in [5.74, 6) is -0.222. The number of pyridine rings is 1. The molecule has 4 rings (SSSR count). The van der Waals surface area contributed by atoms with Crippen LogP contribution >= 0.6 is 0 Å². The molecule has 148 valence electrons. The molecule has 0 unspecified atom stereocenters. The maximum atomic E-state index is 13.3. The maximum absolute atomic E-state index is 13.3. The second-order valence-corrected chi connectivity index (χ2v) is 7.71. The van der Waals surface area contributed by atoms with Gasteiger partial charge in [-0.15, -0.1) is 0 Å².